The lowest BCUT2D eigenvalue weighted by Gasteiger charge is -2.17. The predicted molar refractivity (Wildman–Crippen MR) is 103 cm³/mol. The van der Waals surface area contributed by atoms with Gasteiger partial charge in [-0.05, 0) is 51.9 Å². The van der Waals surface area contributed by atoms with E-state index in [1.807, 2.05) is 0 Å². The lowest BCUT2D eigenvalue weighted by Crippen LogP contribution is -1.97. The molecule has 4 aromatic carbocycles. The molecule has 0 aliphatic rings. The van der Waals surface area contributed by atoms with Gasteiger partial charge in [-0.1, -0.05) is 91.0 Å². The molecule has 0 heterocycles. The fourth-order valence-corrected chi connectivity index (χ4v) is 3.57. The first kappa shape index (κ1) is 14.7. The first-order chi connectivity index (χ1) is 11.8. The highest BCUT2D eigenvalue weighted by atomic mass is 14.2. The summed E-state index contributed by atoms with van der Waals surface area (Å²) >= 11 is 0. The van der Waals surface area contributed by atoms with Crippen LogP contribution in [0.15, 0.2) is 91.0 Å². The van der Waals surface area contributed by atoms with Crippen molar-refractivity contribution >= 4 is 10.8 Å². The van der Waals surface area contributed by atoms with Gasteiger partial charge in [-0.25, -0.2) is 0 Å². The van der Waals surface area contributed by atoms with Crippen molar-refractivity contribution in [3.05, 3.63) is 108 Å². The highest BCUT2D eigenvalue weighted by Crippen LogP contribution is 2.35. The summed E-state index contributed by atoms with van der Waals surface area (Å²) in [5.41, 5.74) is 6.78. The van der Waals surface area contributed by atoms with E-state index in [0.717, 1.165) is 6.42 Å². The molecule has 0 N–H and O–H groups in total. The van der Waals surface area contributed by atoms with Gasteiger partial charge in [-0.3, -0.25) is 0 Å². The molecule has 0 aliphatic heterocycles. The molecule has 0 spiro atoms. The van der Waals surface area contributed by atoms with Crippen molar-refractivity contribution in [1.29, 1.82) is 0 Å². The van der Waals surface area contributed by atoms with Crippen LogP contribution in [0.5, 0.6) is 0 Å². The molecule has 0 bridgehead atoms. The fraction of sp³-hybridized carbons (Fsp3) is 0.0833. The maximum Gasteiger partial charge on any atom is -0.00133 e. The van der Waals surface area contributed by atoms with Gasteiger partial charge >= 0.3 is 0 Å². The minimum Gasteiger partial charge on any atom is -0.0622 e. The summed E-state index contributed by atoms with van der Waals surface area (Å²) in [7, 11) is 0. The predicted octanol–water partition coefficient (Wildman–Crippen LogP) is 6.41. The van der Waals surface area contributed by atoms with Crippen molar-refractivity contribution in [3.8, 4) is 11.1 Å². The van der Waals surface area contributed by atoms with Crippen LogP contribution in [-0.2, 0) is 6.42 Å². The van der Waals surface area contributed by atoms with Gasteiger partial charge in [-0.15, -0.1) is 0 Å². The van der Waals surface area contributed by atoms with Gasteiger partial charge in [-0.2, -0.15) is 0 Å². The Morgan fingerprint density at radius 3 is 2.04 bits per heavy atom. The normalized spacial score (nSPS) is 10.9. The Balaban J connectivity index is 2.00. The SMILES string of the molecule is Cc1cc2ccccc2c(Cc2ccccc2)c1-c1ccccc1. The third-order valence-electron chi connectivity index (χ3n) is 4.64. The molecule has 0 amide bonds. The zero-order chi connectivity index (χ0) is 16.4. The molecule has 0 fully saturated rings. The Bertz CT molecular complexity index is 967. The van der Waals surface area contributed by atoms with E-state index in [-0.39, 0.29) is 0 Å². The zero-order valence-electron chi connectivity index (χ0n) is 13.9. The van der Waals surface area contributed by atoms with Crippen LogP contribution in [0, 0.1) is 6.92 Å². The van der Waals surface area contributed by atoms with Crippen LogP contribution in [-0.4, -0.2) is 0 Å². The lowest BCUT2D eigenvalue weighted by molar-refractivity contribution is 1.21. The van der Waals surface area contributed by atoms with Gasteiger partial charge in [0.05, 0.1) is 0 Å². The van der Waals surface area contributed by atoms with Crippen LogP contribution in [0.2, 0.25) is 0 Å². The molecule has 0 aliphatic carbocycles. The molecule has 0 radical (unpaired) electrons. The molecule has 0 saturated carbocycles. The van der Waals surface area contributed by atoms with E-state index in [0.29, 0.717) is 0 Å². The average Bonchev–Trinajstić information content (AvgIpc) is 2.63. The van der Waals surface area contributed by atoms with E-state index < -0.39 is 0 Å². The molecule has 0 atom stereocenters. The maximum absolute atomic E-state index is 2.31. The fourth-order valence-electron chi connectivity index (χ4n) is 3.57. The second-order valence-corrected chi connectivity index (χ2v) is 6.30. The van der Waals surface area contributed by atoms with Gasteiger partial charge in [0.25, 0.3) is 0 Å². The van der Waals surface area contributed by atoms with Crippen LogP contribution in [0.4, 0.5) is 0 Å². The maximum atomic E-state index is 2.31. The number of benzene rings is 4. The molecular formula is C24H20. The minimum absolute atomic E-state index is 0.952. The van der Waals surface area contributed by atoms with Crippen LogP contribution >= 0.6 is 0 Å². The highest BCUT2D eigenvalue weighted by molar-refractivity contribution is 5.93. The first-order valence-corrected chi connectivity index (χ1v) is 8.43. The number of fused-ring (bicyclic) bond motifs is 1. The quantitative estimate of drug-likeness (QED) is 0.410. The largest absolute Gasteiger partial charge is 0.0622 e. The van der Waals surface area contributed by atoms with Crippen molar-refractivity contribution in [2.75, 3.05) is 0 Å². The first-order valence-electron chi connectivity index (χ1n) is 8.43. The van der Waals surface area contributed by atoms with Gasteiger partial charge in [0.15, 0.2) is 0 Å². The Labute approximate surface area is 143 Å². The molecule has 0 heteroatoms. The van der Waals surface area contributed by atoms with Crippen LogP contribution in [0.3, 0.4) is 0 Å². The van der Waals surface area contributed by atoms with Gasteiger partial charge in [0.2, 0.25) is 0 Å². The van der Waals surface area contributed by atoms with Crippen molar-refractivity contribution in [1.82, 2.24) is 0 Å². The molecule has 0 unspecified atom stereocenters. The van der Waals surface area contributed by atoms with Crippen molar-refractivity contribution in [2.24, 2.45) is 0 Å². The molecule has 0 aromatic heterocycles. The number of aryl methyl sites for hydroxylation is 1. The van der Waals surface area contributed by atoms with E-state index in [4.69, 9.17) is 0 Å². The summed E-state index contributed by atoms with van der Waals surface area (Å²) in [5.74, 6) is 0. The Morgan fingerprint density at radius 2 is 1.29 bits per heavy atom. The molecule has 4 aromatic rings. The summed E-state index contributed by atoms with van der Waals surface area (Å²) in [6.45, 7) is 2.23. The Hall–Kier alpha value is -2.86. The van der Waals surface area contributed by atoms with Gasteiger partial charge in [0, 0.05) is 0 Å². The van der Waals surface area contributed by atoms with Crippen LogP contribution < -0.4 is 0 Å². The van der Waals surface area contributed by atoms with Crippen LogP contribution in [0.25, 0.3) is 21.9 Å². The second-order valence-electron chi connectivity index (χ2n) is 6.30. The van der Waals surface area contributed by atoms with E-state index in [1.165, 1.54) is 38.6 Å². The van der Waals surface area contributed by atoms with Crippen molar-refractivity contribution in [3.63, 3.8) is 0 Å². The zero-order valence-corrected chi connectivity index (χ0v) is 13.9. The second kappa shape index (κ2) is 6.33. The van der Waals surface area contributed by atoms with Gasteiger partial charge in [0.1, 0.15) is 0 Å². The van der Waals surface area contributed by atoms with E-state index >= 15 is 0 Å². The van der Waals surface area contributed by atoms with Crippen molar-refractivity contribution < 1.29 is 0 Å². The molecule has 0 nitrogen and oxygen atoms in total. The summed E-state index contributed by atoms with van der Waals surface area (Å²) < 4.78 is 0. The molecule has 24 heavy (non-hydrogen) atoms. The summed E-state index contributed by atoms with van der Waals surface area (Å²) in [5, 5.41) is 2.67. The Morgan fingerprint density at radius 1 is 0.667 bits per heavy atom. The molecular weight excluding hydrogens is 288 g/mol. The highest BCUT2D eigenvalue weighted by Gasteiger charge is 2.13. The number of hydrogen-bond acceptors (Lipinski definition) is 0. The summed E-state index contributed by atoms with van der Waals surface area (Å²) in [6.07, 6.45) is 0.952. The van der Waals surface area contributed by atoms with E-state index in [1.54, 1.807) is 0 Å². The molecule has 0 saturated heterocycles. The molecule has 4 rings (SSSR count). The third-order valence-corrected chi connectivity index (χ3v) is 4.64. The van der Waals surface area contributed by atoms with E-state index in [2.05, 4.69) is 97.9 Å². The van der Waals surface area contributed by atoms with Crippen LogP contribution in [0.1, 0.15) is 16.7 Å². The number of rotatable bonds is 3. The van der Waals surface area contributed by atoms with Crippen molar-refractivity contribution in [2.45, 2.75) is 13.3 Å². The Kier molecular flexibility index (Phi) is 3.88. The third kappa shape index (κ3) is 2.72. The molecule has 116 valence electrons. The monoisotopic (exact) mass is 308 g/mol. The summed E-state index contributed by atoms with van der Waals surface area (Å²) in [4.78, 5) is 0. The van der Waals surface area contributed by atoms with E-state index in [9.17, 15) is 0 Å². The minimum atomic E-state index is 0.952. The topological polar surface area (TPSA) is 0 Å². The summed E-state index contributed by atoms with van der Waals surface area (Å²) in [6, 6.07) is 32.5. The smallest absolute Gasteiger partial charge is 0.00133 e. The lowest BCUT2D eigenvalue weighted by atomic mass is 9.87. The average molecular weight is 308 g/mol. The van der Waals surface area contributed by atoms with Gasteiger partial charge < -0.3 is 0 Å². The number of hydrogen-bond donors (Lipinski definition) is 0. The standard InChI is InChI=1S/C24H20/c1-18-16-21-14-8-9-15-22(21)23(17-19-10-4-2-5-11-19)24(18)20-12-6-3-7-13-20/h2-16H,17H2,1H3.